The SMILES string of the molecule is Cc1ccccc1Cn1cc(C(=O)NC(C)c2cnn(C)c2)nn1. The van der Waals surface area contributed by atoms with Gasteiger partial charge in [-0.1, -0.05) is 29.5 Å². The monoisotopic (exact) mass is 324 g/mol. The second-order valence-electron chi connectivity index (χ2n) is 5.87. The summed E-state index contributed by atoms with van der Waals surface area (Å²) in [4.78, 5) is 12.3. The van der Waals surface area contributed by atoms with Crippen LogP contribution in [0.15, 0.2) is 42.9 Å². The summed E-state index contributed by atoms with van der Waals surface area (Å²) < 4.78 is 3.38. The Morgan fingerprint density at radius 1 is 1.29 bits per heavy atom. The summed E-state index contributed by atoms with van der Waals surface area (Å²) in [5.74, 6) is -0.248. The number of nitrogens with one attached hydrogen (secondary N) is 1. The van der Waals surface area contributed by atoms with E-state index in [1.807, 2.05) is 38.4 Å². The number of rotatable bonds is 5. The van der Waals surface area contributed by atoms with Crippen LogP contribution < -0.4 is 5.32 Å². The molecule has 0 fully saturated rings. The van der Waals surface area contributed by atoms with Crippen LogP contribution in [0.1, 0.15) is 40.1 Å². The van der Waals surface area contributed by atoms with Crippen molar-refractivity contribution in [3.8, 4) is 0 Å². The third kappa shape index (κ3) is 3.51. The molecular formula is C17H20N6O. The molecule has 0 saturated heterocycles. The third-order valence-electron chi connectivity index (χ3n) is 3.94. The molecule has 0 saturated carbocycles. The van der Waals surface area contributed by atoms with Crippen LogP contribution in [0.4, 0.5) is 0 Å². The Hall–Kier alpha value is -2.96. The molecule has 7 heteroatoms. The minimum Gasteiger partial charge on any atom is -0.344 e. The molecule has 2 heterocycles. The predicted octanol–water partition coefficient (Wildman–Crippen LogP) is 1.86. The van der Waals surface area contributed by atoms with Gasteiger partial charge in [-0.2, -0.15) is 5.10 Å². The van der Waals surface area contributed by atoms with Gasteiger partial charge < -0.3 is 5.32 Å². The third-order valence-corrected chi connectivity index (χ3v) is 3.94. The van der Waals surface area contributed by atoms with Crippen LogP contribution in [-0.4, -0.2) is 30.7 Å². The molecule has 0 aliphatic rings. The minimum absolute atomic E-state index is 0.146. The lowest BCUT2D eigenvalue weighted by atomic mass is 10.1. The molecule has 0 bridgehead atoms. The normalized spacial score (nSPS) is 12.1. The quantitative estimate of drug-likeness (QED) is 0.777. The van der Waals surface area contributed by atoms with Crippen molar-refractivity contribution in [2.24, 2.45) is 7.05 Å². The summed E-state index contributed by atoms with van der Waals surface area (Å²) in [5, 5.41) is 15.0. The molecule has 0 spiro atoms. The number of hydrogen-bond acceptors (Lipinski definition) is 4. The van der Waals surface area contributed by atoms with Crippen LogP contribution in [0.3, 0.4) is 0 Å². The maximum atomic E-state index is 12.3. The fourth-order valence-electron chi connectivity index (χ4n) is 2.46. The smallest absolute Gasteiger partial charge is 0.273 e. The Labute approximate surface area is 140 Å². The molecule has 1 unspecified atom stereocenters. The van der Waals surface area contributed by atoms with Crippen LogP contribution in [-0.2, 0) is 13.6 Å². The van der Waals surface area contributed by atoms with Crippen LogP contribution >= 0.6 is 0 Å². The molecule has 3 aromatic rings. The topological polar surface area (TPSA) is 77.6 Å². The van der Waals surface area contributed by atoms with Crippen LogP contribution in [0.25, 0.3) is 0 Å². The van der Waals surface area contributed by atoms with Gasteiger partial charge in [0.25, 0.3) is 5.91 Å². The van der Waals surface area contributed by atoms with E-state index in [2.05, 4.69) is 33.7 Å². The molecule has 7 nitrogen and oxygen atoms in total. The minimum atomic E-state index is -0.248. The molecule has 3 rings (SSSR count). The van der Waals surface area contributed by atoms with E-state index in [0.717, 1.165) is 11.1 Å². The van der Waals surface area contributed by atoms with E-state index in [1.165, 1.54) is 5.56 Å². The zero-order chi connectivity index (χ0) is 17.1. The summed E-state index contributed by atoms with van der Waals surface area (Å²) in [5.41, 5.74) is 3.58. The van der Waals surface area contributed by atoms with Gasteiger partial charge in [-0.05, 0) is 25.0 Å². The second-order valence-corrected chi connectivity index (χ2v) is 5.87. The maximum Gasteiger partial charge on any atom is 0.273 e. The number of carbonyl (C=O) groups excluding carboxylic acids is 1. The average Bonchev–Trinajstić information content (AvgIpc) is 3.19. The van der Waals surface area contributed by atoms with Crippen LogP contribution in [0, 0.1) is 6.92 Å². The Balaban J connectivity index is 1.66. The van der Waals surface area contributed by atoms with Gasteiger partial charge in [-0.15, -0.1) is 5.10 Å². The standard InChI is InChI=1S/C17H20N6O/c1-12-6-4-5-7-14(12)10-23-11-16(20-21-23)17(24)19-13(2)15-8-18-22(3)9-15/h4-9,11,13H,10H2,1-3H3,(H,19,24). The van der Waals surface area contributed by atoms with Gasteiger partial charge in [0.15, 0.2) is 5.69 Å². The Morgan fingerprint density at radius 3 is 2.79 bits per heavy atom. The number of nitrogens with zero attached hydrogens (tertiary/aromatic N) is 5. The molecule has 0 radical (unpaired) electrons. The first-order chi connectivity index (χ1) is 11.5. The van der Waals surface area contributed by atoms with Crippen molar-refractivity contribution in [3.05, 3.63) is 65.2 Å². The van der Waals surface area contributed by atoms with Crippen molar-refractivity contribution in [2.75, 3.05) is 0 Å². The molecule has 124 valence electrons. The summed E-state index contributed by atoms with van der Waals surface area (Å²) in [7, 11) is 1.84. The highest BCUT2D eigenvalue weighted by Crippen LogP contribution is 2.12. The number of carbonyl (C=O) groups is 1. The Morgan fingerprint density at radius 2 is 2.08 bits per heavy atom. The highest BCUT2D eigenvalue weighted by atomic mass is 16.2. The predicted molar refractivity (Wildman–Crippen MR) is 89.4 cm³/mol. The number of benzene rings is 1. The fourth-order valence-corrected chi connectivity index (χ4v) is 2.46. The first-order valence-electron chi connectivity index (χ1n) is 7.77. The van der Waals surface area contributed by atoms with E-state index >= 15 is 0 Å². The molecule has 1 aromatic carbocycles. The van der Waals surface area contributed by atoms with Crippen molar-refractivity contribution in [2.45, 2.75) is 26.4 Å². The van der Waals surface area contributed by atoms with Gasteiger partial charge >= 0.3 is 0 Å². The lowest BCUT2D eigenvalue weighted by molar-refractivity contribution is 0.0934. The number of aryl methyl sites for hydroxylation is 2. The van der Waals surface area contributed by atoms with E-state index in [1.54, 1.807) is 21.8 Å². The lowest BCUT2D eigenvalue weighted by Crippen LogP contribution is -2.26. The van der Waals surface area contributed by atoms with Gasteiger partial charge in [0.1, 0.15) is 0 Å². The Bertz CT molecular complexity index is 850. The van der Waals surface area contributed by atoms with E-state index in [-0.39, 0.29) is 11.9 Å². The first-order valence-corrected chi connectivity index (χ1v) is 7.77. The van der Waals surface area contributed by atoms with E-state index in [9.17, 15) is 4.79 Å². The molecule has 1 atom stereocenters. The largest absolute Gasteiger partial charge is 0.344 e. The maximum absolute atomic E-state index is 12.3. The first kappa shape index (κ1) is 15.9. The average molecular weight is 324 g/mol. The molecule has 1 N–H and O–H groups in total. The van der Waals surface area contributed by atoms with Crippen molar-refractivity contribution in [1.29, 1.82) is 0 Å². The molecule has 0 aliphatic carbocycles. The van der Waals surface area contributed by atoms with Crippen LogP contribution in [0.5, 0.6) is 0 Å². The van der Waals surface area contributed by atoms with Gasteiger partial charge in [0.2, 0.25) is 0 Å². The van der Waals surface area contributed by atoms with Crippen LogP contribution in [0.2, 0.25) is 0 Å². The van der Waals surface area contributed by atoms with Crippen molar-refractivity contribution < 1.29 is 4.79 Å². The van der Waals surface area contributed by atoms with Crippen molar-refractivity contribution >= 4 is 5.91 Å². The number of aromatic nitrogens is 5. The summed E-state index contributed by atoms with van der Waals surface area (Å²) in [6, 6.07) is 7.94. The zero-order valence-corrected chi connectivity index (χ0v) is 14.0. The number of amides is 1. The highest BCUT2D eigenvalue weighted by molar-refractivity contribution is 5.92. The fraction of sp³-hybridized carbons (Fsp3) is 0.294. The zero-order valence-electron chi connectivity index (χ0n) is 14.0. The Kier molecular flexibility index (Phi) is 4.41. The molecule has 1 amide bonds. The summed E-state index contributed by atoms with van der Waals surface area (Å²) >= 11 is 0. The van der Waals surface area contributed by atoms with E-state index in [4.69, 9.17) is 0 Å². The van der Waals surface area contributed by atoms with E-state index in [0.29, 0.717) is 12.2 Å². The van der Waals surface area contributed by atoms with Gasteiger partial charge in [-0.3, -0.25) is 9.48 Å². The molecule has 24 heavy (non-hydrogen) atoms. The summed E-state index contributed by atoms with van der Waals surface area (Å²) in [6.45, 7) is 4.55. The molecule has 0 aliphatic heterocycles. The number of hydrogen-bond donors (Lipinski definition) is 1. The van der Waals surface area contributed by atoms with E-state index < -0.39 is 0 Å². The van der Waals surface area contributed by atoms with Gasteiger partial charge in [0, 0.05) is 18.8 Å². The van der Waals surface area contributed by atoms with Crippen molar-refractivity contribution in [1.82, 2.24) is 30.1 Å². The van der Waals surface area contributed by atoms with Crippen molar-refractivity contribution in [3.63, 3.8) is 0 Å². The van der Waals surface area contributed by atoms with Gasteiger partial charge in [0.05, 0.1) is 25.0 Å². The second kappa shape index (κ2) is 6.66. The molecular weight excluding hydrogens is 304 g/mol. The lowest BCUT2D eigenvalue weighted by Gasteiger charge is -2.10. The highest BCUT2D eigenvalue weighted by Gasteiger charge is 2.16. The molecule has 2 aromatic heterocycles. The van der Waals surface area contributed by atoms with Gasteiger partial charge in [-0.25, -0.2) is 4.68 Å². The summed E-state index contributed by atoms with van der Waals surface area (Å²) in [6.07, 6.45) is 5.28.